The van der Waals surface area contributed by atoms with E-state index in [0.29, 0.717) is 5.75 Å². The van der Waals surface area contributed by atoms with Gasteiger partial charge in [-0.05, 0) is 6.07 Å². The van der Waals surface area contributed by atoms with E-state index < -0.39 is 6.09 Å². The Kier molecular flexibility index (Phi) is 3.78. The topological polar surface area (TPSA) is 58.6 Å². The standard InChI is InChI=1S/C9H10NO3/c11-7-6-10-9(12)13-8-4-2-1-3-5-8/h1-4,11H,6-7H2,(H,10,12). The highest BCUT2D eigenvalue weighted by molar-refractivity contribution is 5.70. The maximum absolute atomic E-state index is 10.9. The van der Waals surface area contributed by atoms with E-state index in [0.717, 1.165) is 0 Å². The van der Waals surface area contributed by atoms with Gasteiger partial charge in [0.15, 0.2) is 0 Å². The zero-order chi connectivity index (χ0) is 9.52. The van der Waals surface area contributed by atoms with Crippen molar-refractivity contribution >= 4 is 6.09 Å². The molecule has 1 radical (unpaired) electrons. The molecule has 4 heteroatoms. The average Bonchev–Trinajstić information content (AvgIpc) is 2.16. The van der Waals surface area contributed by atoms with Crippen LogP contribution in [0.1, 0.15) is 0 Å². The molecule has 1 amide bonds. The van der Waals surface area contributed by atoms with Crippen LogP contribution < -0.4 is 10.1 Å². The molecule has 69 valence electrons. The second-order valence-corrected chi connectivity index (χ2v) is 2.27. The fourth-order valence-corrected chi connectivity index (χ4v) is 0.734. The van der Waals surface area contributed by atoms with E-state index in [1.807, 2.05) is 0 Å². The molecule has 0 saturated heterocycles. The number of hydrogen-bond donors (Lipinski definition) is 2. The van der Waals surface area contributed by atoms with Crippen LogP contribution in [0.2, 0.25) is 0 Å². The Balaban J connectivity index is 2.37. The van der Waals surface area contributed by atoms with Gasteiger partial charge in [0.05, 0.1) is 6.61 Å². The highest BCUT2D eigenvalue weighted by Gasteiger charge is 2.01. The van der Waals surface area contributed by atoms with Gasteiger partial charge >= 0.3 is 6.09 Å². The zero-order valence-electron chi connectivity index (χ0n) is 6.99. The van der Waals surface area contributed by atoms with Gasteiger partial charge in [0, 0.05) is 12.6 Å². The molecular formula is C9H10NO3. The van der Waals surface area contributed by atoms with Gasteiger partial charge in [0.25, 0.3) is 0 Å². The van der Waals surface area contributed by atoms with Crippen molar-refractivity contribution in [2.24, 2.45) is 0 Å². The van der Waals surface area contributed by atoms with Gasteiger partial charge in [-0.25, -0.2) is 4.79 Å². The van der Waals surface area contributed by atoms with Gasteiger partial charge in [-0.3, -0.25) is 0 Å². The summed E-state index contributed by atoms with van der Waals surface area (Å²) in [5, 5.41) is 10.8. The summed E-state index contributed by atoms with van der Waals surface area (Å²) in [6.45, 7) is 0.0826. The normalized spacial score (nSPS) is 9.31. The van der Waals surface area contributed by atoms with E-state index in [1.165, 1.54) is 0 Å². The molecule has 0 unspecified atom stereocenters. The van der Waals surface area contributed by atoms with Gasteiger partial charge in [-0.15, -0.1) is 0 Å². The van der Waals surface area contributed by atoms with Crippen molar-refractivity contribution in [3.8, 4) is 5.75 Å². The van der Waals surface area contributed by atoms with Crippen LogP contribution in [0.5, 0.6) is 5.75 Å². The van der Waals surface area contributed by atoms with Crippen LogP contribution in [0.25, 0.3) is 0 Å². The minimum absolute atomic E-state index is 0.104. The summed E-state index contributed by atoms with van der Waals surface area (Å²) in [6, 6.07) is 9.52. The molecule has 4 nitrogen and oxygen atoms in total. The molecule has 13 heavy (non-hydrogen) atoms. The Bertz CT molecular complexity index is 261. The molecule has 0 spiro atoms. The number of aliphatic hydroxyl groups excluding tert-OH is 1. The van der Waals surface area contributed by atoms with Gasteiger partial charge in [0.2, 0.25) is 0 Å². The SMILES string of the molecule is O=C(NCCO)Oc1[c]cccc1. The second kappa shape index (κ2) is 5.16. The lowest BCUT2D eigenvalue weighted by Crippen LogP contribution is -2.29. The fourth-order valence-electron chi connectivity index (χ4n) is 0.734. The summed E-state index contributed by atoms with van der Waals surface area (Å²) in [5.74, 6) is 0.359. The summed E-state index contributed by atoms with van der Waals surface area (Å²) < 4.78 is 4.80. The molecule has 2 N–H and O–H groups in total. The predicted molar refractivity (Wildman–Crippen MR) is 46.4 cm³/mol. The predicted octanol–water partition coefficient (Wildman–Crippen LogP) is 0.567. The van der Waals surface area contributed by atoms with Crippen LogP contribution in [-0.2, 0) is 0 Å². The molecule has 0 aliphatic heterocycles. The number of amides is 1. The summed E-state index contributed by atoms with van der Waals surface area (Å²) >= 11 is 0. The van der Waals surface area contributed by atoms with E-state index in [9.17, 15) is 4.79 Å². The quantitative estimate of drug-likeness (QED) is 0.714. The van der Waals surface area contributed by atoms with Crippen molar-refractivity contribution in [2.75, 3.05) is 13.2 Å². The number of rotatable bonds is 3. The van der Waals surface area contributed by atoms with Crippen molar-refractivity contribution in [2.45, 2.75) is 0 Å². The first-order valence-corrected chi connectivity index (χ1v) is 3.86. The minimum Gasteiger partial charge on any atom is -0.410 e. The zero-order valence-corrected chi connectivity index (χ0v) is 6.99. The summed E-state index contributed by atoms with van der Waals surface area (Å²) in [7, 11) is 0. The molecule has 1 aromatic carbocycles. The first-order valence-electron chi connectivity index (χ1n) is 3.86. The number of hydrogen-bond acceptors (Lipinski definition) is 3. The third-order valence-corrected chi connectivity index (χ3v) is 1.26. The molecule has 0 atom stereocenters. The van der Waals surface area contributed by atoms with Crippen LogP contribution in [0, 0.1) is 6.07 Å². The molecule has 0 aromatic heterocycles. The van der Waals surface area contributed by atoms with Crippen LogP contribution >= 0.6 is 0 Å². The third kappa shape index (κ3) is 3.57. The molecule has 0 aliphatic rings. The minimum atomic E-state index is -0.587. The lowest BCUT2D eigenvalue weighted by Gasteiger charge is -2.03. The second-order valence-electron chi connectivity index (χ2n) is 2.27. The first-order chi connectivity index (χ1) is 6.33. The lowest BCUT2D eigenvalue weighted by atomic mass is 10.3. The van der Waals surface area contributed by atoms with E-state index in [1.54, 1.807) is 24.3 Å². The van der Waals surface area contributed by atoms with Crippen molar-refractivity contribution in [3.05, 3.63) is 30.3 Å². The number of para-hydroxylation sites is 1. The summed E-state index contributed by atoms with van der Waals surface area (Å²) in [6.07, 6.45) is -0.587. The number of carbonyl (C=O) groups excluding carboxylic acids is 1. The van der Waals surface area contributed by atoms with E-state index in [-0.39, 0.29) is 13.2 Å². The monoisotopic (exact) mass is 180 g/mol. The number of carbonyl (C=O) groups is 1. The van der Waals surface area contributed by atoms with Crippen LogP contribution in [0.3, 0.4) is 0 Å². The number of benzene rings is 1. The molecule has 0 saturated carbocycles. The summed E-state index contributed by atoms with van der Waals surface area (Å²) in [5.41, 5.74) is 0. The Morgan fingerprint density at radius 2 is 2.46 bits per heavy atom. The van der Waals surface area contributed by atoms with Gasteiger partial charge < -0.3 is 15.2 Å². The summed E-state index contributed by atoms with van der Waals surface area (Å²) in [4.78, 5) is 10.9. The van der Waals surface area contributed by atoms with Crippen molar-refractivity contribution in [1.29, 1.82) is 0 Å². The molecule has 0 heterocycles. The van der Waals surface area contributed by atoms with E-state index in [4.69, 9.17) is 9.84 Å². The smallest absolute Gasteiger partial charge is 0.410 e. The third-order valence-electron chi connectivity index (χ3n) is 1.26. The Morgan fingerprint density at radius 1 is 1.62 bits per heavy atom. The molecule has 0 fully saturated rings. The largest absolute Gasteiger partial charge is 0.412 e. The highest BCUT2D eigenvalue weighted by atomic mass is 16.6. The van der Waals surface area contributed by atoms with Gasteiger partial charge in [0.1, 0.15) is 5.75 Å². The molecular weight excluding hydrogens is 170 g/mol. The maximum atomic E-state index is 10.9. The van der Waals surface area contributed by atoms with E-state index in [2.05, 4.69) is 11.4 Å². The Hall–Kier alpha value is -1.55. The van der Waals surface area contributed by atoms with Crippen molar-refractivity contribution < 1.29 is 14.6 Å². The number of aliphatic hydroxyl groups is 1. The van der Waals surface area contributed by atoms with Crippen molar-refractivity contribution in [1.82, 2.24) is 5.32 Å². The molecule has 0 aliphatic carbocycles. The lowest BCUT2D eigenvalue weighted by molar-refractivity contribution is 0.195. The Morgan fingerprint density at radius 3 is 3.08 bits per heavy atom. The van der Waals surface area contributed by atoms with Gasteiger partial charge in [-0.2, -0.15) is 0 Å². The molecule has 0 bridgehead atoms. The first kappa shape index (κ1) is 9.54. The number of nitrogens with one attached hydrogen (secondary N) is 1. The van der Waals surface area contributed by atoms with Crippen LogP contribution in [0.15, 0.2) is 24.3 Å². The molecule has 1 rings (SSSR count). The Labute approximate surface area is 76.1 Å². The van der Waals surface area contributed by atoms with Crippen molar-refractivity contribution in [3.63, 3.8) is 0 Å². The molecule has 1 aromatic rings. The van der Waals surface area contributed by atoms with Gasteiger partial charge in [-0.1, -0.05) is 18.2 Å². The van der Waals surface area contributed by atoms with Crippen LogP contribution in [0.4, 0.5) is 4.79 Å². The maximum Gasteiger partial charge on any atom is 0.412 e. The number of ether oxygens (including phenoxy) is 1. The average molecular weight is 180 g/mol. The fraction of sp³-hybridized carbons (Fsp3) is 0.222. The van der Waals surface area contributed by atoms with Crippen LogP contribution in [-0.4, -0.2) is 24.4 Å². The highest BCUT2D eigenvalue weighted by Crippen LogP contribution is 2.06. The van der Waals surface area contributed by atoms with E-state index >= 15 is 0 Å².